The summed E-state index contributed by atoms with van der Waals surface area (Å²) in [6.45, 7) is 5.11. The van der Waals surface area contributed by atoms with Crippen molar-refractivity contribution in [2.75, 3.05) is 6.54 Å². The molecule has 0 aromatic carbocycles. The van der Waals surface area contributed by atoms with Gasteiger partial charge in [0.05, 0.1) is 6.04 Å². The van der Waals surface area contributed by atoms with Gasteiger partial charge in [0, 0.05) is 17.3 Å². The van der Waals surface area contributed by atoms with Crippen molar-refractivity contribution in [2.45, 2.75) is 19.9 Å². The van der Waals surface area contributed by atoms with Crippen LogP contribution in [0, 0.1) is 6.92 Å². The van der Waals surface area contributed by atoms with E-state index >= 15 is 0 Å². The fourth-order valence-electron chi connectivity index (χ4n) is 1.64. The molecule has 0 spiro atoms. The van der Waals surface area contributed by atoms with Crippen LogP contribution in [0.2, 0.25) is 0 Å². The van der Waals surface area contributed by atoms with Crippen LogP contribution in [-0.2, 0) is 0 Å². The van der Waals surface area contributed by atoms with Crippen molar-refractivity contribution in [1.82, 2.24) is 15.3 Å². The zero-order chi connectivity index (χ0) is 11.4. The van der Waals surface area contributed by atoms with Crippen molar-refractivity contribution < 1.29 is 0 Å². The molecule has 3 nitrogen and oxygen atoms in total. The zero-order valence-corrected chi connectivity index (χ0v) is 10.3. The van der Waals surface area contributed by atoms with E-state index in [2.05, 4.69) is 40.6 Å². The van der Waals surface area contributed by atoms with Gasteiger partial charge in [0.15, 0.2) is 0 Å². The van der Waals surface area contributed by atoms with E-state index in [4.69, 9.17) is 0 Å². The van der Waals surface area contributed by atoms with Crippen molar-refractivity contribution >= 4 is 11.3 Å². The number of aryl methyl sites for hydroxylation is 1. The number of nitrogens with zero attached hydrogens (tertiary/aromatic N) is 2. The second-order valence-corrected chi connectivity index (χ2v) is 4.70. The maximum absolute atomic E-state index is 4.31. The van der Waals surface area contributed by atoms with Crippen LogP contribution in [0.5, 0.6) is 0 Å². The van der Waals surface area contributed by atoms with E-state index in [0.29, 0.717) is 0 Å². The van der Waals surface area contributed by atoms with Crippen LogP contribution in [0.15, 0.2) is 29.9 Å². The zero-order valence-electron chi connectivity index (χ0n) is 9.47. The van der Waals surface area contributed by atoms with E-state index in [9.17, 15) is 0 Å². The summed E-state index contributed by atoms with van der Waals surface area (Å²) in [6, 6.07) is 4.14. The van der Waals surface area contributed by atoms with Crippen molar-refractivity contribution in [3.63, 3.8) is 0 Å². The average Bonchev–Trinajstić information content (AvgIpc) is 2.74. The molecule has 2 rings (SSSR count). The van der Waals surface area contributed by atoms with Gasteiger partial charge in [-0.2, -0.15) is 0 Å². The molecule has 0 saturated heterocycles. The first kappa shape index (κ1) is 11.2. The van der Waals surface area contributed by atoms with Crippen LogP contribution in [0.4, 0.5) is 0 Å². The molecule has 0 aliphatic carbocycles. The summed E-state index contributed by atoms with van der Waals surface area (Å²) in [6.07, 6.45) is 3.57. The summed E-state index contributed by atoms with van der Waals surface area (Å²) in [4.78, 5) is 9.94. The quantitative estimate of drug-likeness (QED) is 0.882. The van der Waals surface area contributed by atoms with E-state index in [-0.39, 0.29) is 6.04 Å². The Bertz CT molecular complexity index is 439. The fourth-order valence-corrected chi connectivity index (χ4v) is 2.37. The molecule has 0 radical (unpaired) electrons. The van der Waals surface area contributed by atoms with E-state index in [0.717, 1.165) is 12.4 Å². The van der Waals surface area contributed by atoms with E-state index in [1.807, 2.05) is 6.07 Å². The van der Waals surface area contributed by atoms with Gasteiger partial charge >= 0.3 is 0 Å². The number of hydrogen-bond acceptors (Lipinski definition) is 4. The minimum Gasteiger partial charge on any atom is -0.304 e. The normalized spacial score (nSPS) is 12.6. The lowest BCUT2D eigenvalue weighted by molar-refractivity contribution is 0.599. The minimum absolute atomic E-state index is 0.108. The Morgan fingerprint density at radius 2 is 2.12 bits per heavy atom. The Kier molecular flexibility index (Phi) is 3.64. The topological polar surface area (TPSA) is 37.8 Å². The maximum Gasteiger partial charge on any atom is 0.149 e. The number of rotatable bonds is 4. The lowest BCUT2D eigenvalue weighted by Crippen LogP contribution is -2.23. The lowest BCUT2D eigenvalue weighted by Gasteiger charge is -2.14. The van der Waals surface area contributed by atoms with Gasteiger partial charge in [-0.3, -0.25) is 0 Å². The summed E-state index contributed by atoms with van der Waals surface area (Å²) in [7, 11) is 0. The molecule has 0 fully saturated rings. The second-order valence-electron chi connectivity index (χ2n) is 3.59. The van der Waals surface area contributed by atoms with E-state index in [1.54, 1.807) is 23.7 Å². The van der Waals surface area contributed by atoms with Crippen LogP contribution in [0.3, 0.4) is 0 Å². The summed E-state index contributed by atoms with van der Waals surface area (Å²) < 4.78 is 0. The van der Waals surface area contributed by atoms with Crippen LogP contribution in [-0.4, -0.2) is 16.5 Å². The van der Waals surface area contributed by atoms with E-state index < -0.39 is 0 Å². The molecule has 0 saturated carbocycles. The molecule has 0 aliphatic rings. The molecule has 1 atom stereocenters. The minimum atomic E-state index is 0.108. The molecule has 2 aromatic heterocycles. The highest BCUT2D eigenvalue weighted by molar-refractivity contribution is 7.10. The van der Waals surface area contributed by atoms with Crippen molar-refractivity contribution in [1.29, 1.82) is 0 Å². The summed E-state index contributed by atoms with van der Waals surface area (Å²) in [5.74, 6) is 0.835. The van der Waals surface area contributed by atoms with Crippen LogP contribution < -0.4 is 5.32 Å². The number of thiophene rings is 1. The summed E-state index contributed by atoms with van der Waals surface area (Å²) >= 11 is 1.76. The first-order valence-corrected chi connectivity index (χ1v) is 6.24. The Hall–Kier alpha value is -1.26. The van der Waals surface area contributed by atoms with Gasteiger partial charge < -0.3 is 5.32 Å². The third kappa shape index (κ3) is 2.46. The second kappa shape index (κ2) is 5.18. The van der Waals surface area contributed by atoms with Gasteiger partial charge in [-0.25, -0.2) is 9.97 Å². The molecule has 2 aromatic rings. The molecular formula is C12H15N3S. The number of hydrogen-bond donors (Lipinski definition) is 1. The van der Waals surface area contributed by atoms with Gasteiger partial charge in [-0.05, 0) is 36.5 Å². The van der Waals surface area contributed by atoms with Gasteiger partial charge in [0.1, 0.15) is 5.82 Å². The predicted molar refractivity (Wildman–Crippen MR) is 66.6 cm³/mol. The third-order valence-corrected chi connectivity index (χ3v) is 3.22. The highest BCUT2D eigenvalue weighted by Gasteiger charge is 2.16. The first-order chi connectivity index (χ1) is 7.81. The molecule has 0 bridgehead atoms. The Labute approximate surface area is 99.6 Å². The SMILES string of the molecule is CCNC(c1csc(C)c1)c1ncccn1. The highest BCUT2D eigenvalue weighted by Crippen LogP contribution is 2.23. The monoisotopic (exact) mass is 233 g/mol. The third-order valence-electron chi connectivity index (χ3n) is 2.34. The number of nitrogens with one attached hydrogen (secondary N) is 1. The molecule has 0 amide bonds. The van der Waals surface area contributed by atoms with Crippen LogP contribution in [0.25, 0.3) is 0 Å². The Balaban J connectivity index is 2.31. The van der Waals surface area contributed by atoms with Gasteiger partial charge in [0.25, 0.3) is 0 Å². The van der Waals surface area contributed by atoms with Gasteiger partial charge in [-0.1, -0.05) is 6.92 Å². The molecule has 1 N–H and O–H groups in total. The lowest BCUT2D eigenvalue weighted by atomic mass is 10.1. The maximum atomic E-state index is 4.31. The molecule has 84 valence electrons. The summed E-state index contributed by atoms with van der Waals surface area (Å²) in [5, 5.41) is 5.58. The van der Waals surface area contributed by atoms with Gasteiger partial charge in [0.2, 0.25) is 0 Å². The molecule has 2 heterocycles. The molecule has 4 heteroatoms. The first-order valence-electron chi connectivity index (χ1n) is 5.36. The molecular weight excluding hydrogens is 218 g/mol. The summed E-state index contributed by atoms with van der Waals surface area (Å²) in [5.41, 5.74) is 1.25. The van der Waals surface area contributed by atoms with Crippen molar-refractivity contribution in [3.05, 3.63) is 46.2 Å². The van der Waals surface area contributed by atoms with E-state index in [1.165, 1.54) is 10.4 Å². The molecule has 0 aliphatic heterocycles. The molecule has 1 unspecified atom stereocenters. The predicted octanol–water partition coefficient (Wildman–Crippen LogP) is 2.55. The van der Waals surface area contributed by atoms with Crippen LogP contribution >= 0.6 is 11.3 Å². The van der Waals surface area contributed by atoms with Gasteiger partial charge in [-0.15, -0.1) is 11.3 Å². The van der Waals surface area contributed by atoms with Crippen molar-refractivity contribution in [3.8, 4) is 0 Å². The number of aromatic nitrogens is 2. The fraction of sp³-hybridized carbons (Fsp3) is 0.333. The van der Waals surface area contributed by atoms with Crippen LogP contribution in [0.1, 0.15) is 29.2 Å². The largest absolute Gasteiger partial charge is 0.304 e. The standard InChI is InChI=1S/C12H15N3S/c1-3-13-11(10-7-9(2)16-8-10)12-14-5-4-6-15-12/h4-8,11,13H,3H2,1-2H3. The smallest absolute Gasteiger partial charge is 0.149 e. The highest BCUT2D eigenvalue weighted by atomic mass is 32.1. The van der Waals surface area contributed by atoms with Crippen molar-refractivity contribution in [2.24, 2.45) is 0 Å². The Morgan fingerprint density at radius 1 is 1.38 bits per heavy atom. The Morgan fingerprint density at radius 3 is 2.69 bits per heavy atom. The average molecular weight is 233 g/mol. The molecule has 16 heavy (non-hydrogen) atoms.